The number of morpholine rings is 1. The van der Waals surface area contributed by atoms with Crippen molar-refractivity contribution in [3.63, 3.8) is 0 Å². The Morgan fingerprint density at radius 2 is 1.96 bits per heavy atom. The summed E-state index contributed by atoms with van der Waals surface area (Å²) in [5.74, 6) is -1.04. The molecule has 2 aliphatic rings. The third-order valence-electron chi connectivity index (χ3n) is 4.00. The van der Waals surface area contributed by atoms with Crippen molar-refractivity contribution in [2.75, 3.05) is 36.1 Å². The molecular weight excluding hydrogens is 330 g/mol. The van der Waals surface area contributed by atoms with Crippen molar-refractivity contribution in [1.82, 2.24) is 0 Å². The van der Waals surface area contributed by atoms with E-state index in [0.29, 0.717) is 24.5 Å². The SMILES string of the molecule is CC(=O)OC1OCCN(c2ccc(N3C(=O)OC[C@H]3CN)cc2)C1=O. The van der Waals surface area contributed by atoms with E-state index in [9.17, 15) is 14.4 Å². The smallest absolute Gasteiger partial charge is 0.414 e. The lowest BCUT2D eigenvalue weighted by atomic mass is 10.2. The number of cyclic esters (lactones) is 1. The van der Waals surface area contributed by atoms with E-state index in [0.717, 1.165) is 0 Å². The largest absolute Gasteiger partial charge is 0.447 e. The lowest BCUT2D eigenvalue weighted by molar-refractivity contribution is -0.187. The van der Waals surface area contributed by atoms with Crippen LogP contribution in [0.4, 0.5) is 16.2 Å². The van der Waals surface area contributed by atoms with Gasteiger partial charge in [-0.15, -0.1) is 0 Å². The molecule has 1 aromatic carbocycles. The van der Waals surface area contributed by atoms with Crippen molar-refractivity contribution < 1.29 is 28.6 Å². The van der Waals surface area contributed by atoms with Gasteiger partial charge in [0.1, 0.15) is 6.61 Å². The number of hydrogen-bond acceptors (Lipinski definition) is 7. The second-order valence-electron chi connectivity index (χ2n) is 5.65. The summed E-state index contributed by atoms with van der Waals surface area (Å²) in [6.07, 6.45) is -1.68. The van der Waals surface area contributed by atoms with Crippen LogP contribution >= 0.6 is 0 Å². The molecule has 2 saturated heterocycles. The molecule has 134 valence electrons. The first-order chi connectivity index (χ1) is 12.0. The maximum Gasteiger partial charge on any atom is 0.414 e. The highest BCUT2D eigenvalue weighted by Crippen LogP contribution is 2.27. The van der Waals surface area contributed by atoms with Crippen LogP contribution in [-0.2, 0) is 23.8 Å². The van der Waals surface area contributed by atoms with E-state index in [1.807, 2.05) is 0 Å². The number of benzene rings is 1. The molecule has 0 saturated carbocycles. The molecule has 0 bridgehead atoms. The first kappa shape index (κ1) is 17.2. The molecule has 3 rings (SSSR count). The Bertz CT molecular complexity index is 677. The quantitative estimate of drug-likeness (QED) is 0.774. The molecule has 1 unspecified atom stereocenters. The van der Waals surface area contributed by atoms with E-state index in [2.05, 4.69) is 0 Å². The second kappa shape index (κ2) is 7.08. The molecule has 9 nitrogen and oxygen atoms in total. The van der Waals surface area contributed by atoms with Gasteiger partial charge in [-0.05, 0) is 24.3 Å². The maximum atomic E-state index is 12.4. The van der Waals surface area contributed by atoms with Gasteiger partial charge in [0.25, 0.3) is 12.2 Å². The number of rotatable bonds is 4. The van der Waals surface area contributed by atoms with Gasteiger partial charge in [-0.3, -0.25) is 14.5 Å². The maximum absolute atomic E-state index is 12.4. The van der Waals surface area contributed by atoms with Gasteiger partial charge < -0.3 is 24.8 Å². The summed E-state index contributed by atoms with van der Waals surface area (Å²) < 4.78 is 15.1. The van der Waals surface area contributed by atoms with Crippen LogP contribution in [0.15, 0.2) is 24.3 Å². The molecule has 2 heterocycles. The lowest BCUT2D eigenvalue weighted by Crippen LogP contribution is -2.49. The molecule has 0 radical (unpaired) electrons. The number of hydrogen-bond donors (Lipinski definition) is 1. The van der Waals surface area contributed by atoms with Crippen LogP contribution in [0.5, 0.6) is 0 Å². The third kappa shape index (κ3) is 3.42. The Labute approximate surface area is 144 Å². The zero-order chi connectivity index (χ0) is 18.0. The first-order valence-corrected chi connectivity index (χ1v) is 7.87. The van der Waals surface area contributed by atoms with Crippen molar-refractivity contribution in [1.29, 1.82) is 0 Å². The van der Waals surface area contributed by atoms with Gasteiger partial charge in [0.2, 0.25) is 0 Å². The lowest BCUT2D eigenvalue weighted by Gasteiger charge is -2.31. The van der Waals surface area contributed by atoms with Gasteiger partial charge in [0, 0.05) is 31.4 Å². The molecule has 2 fully saturated rings. The van der Waals surface area contributed by atoms with Gasteiger partial charge in [0.05, 0.1) is 12.6 Å². The van der Waals surface area contributed by atoms with Crippen LogP contribution in [0.3, 0.4) is 0 Å². The van der Waals surface area contributed by atoms with Crippen molar-refractivity contribution >= 4 is 29.3 Å². The molecule has 2 amide bonds. The third-order valence-corrected chi connectivity index (χ3v) is 4.00. The molecule has 0 spiro atoms. The Balaban J connectivity index is 1.77. The van der Waals surface area contributed by atoms with Gasteiger partial charge in [-0.2, -0.15) is 0 Å². The Morgan fingerprint density at radius 1 is 1.28 bits per heavy atom. The monoisotopic (exact) mass is 349 g/mol. The number of amides is 2. The molecule has 0 aliphatic carbocycles. The minimum atomic E-state index is -1.24. The molecule has 1 aromatic rings. The summed E-state index contributed by atoms with van der Waals surface area (Å²) in [6.45, 7) is 2.35. The van der Waals surface area contributed by atoms with Crippen LogP contribution in [0.25, 0.3) is 0 Å². The van der Waals surface area contributed by atoms with Crippen molar-refractivity contribution in [2.45, 2.75) is 19.3 Å². The topological polar surface area (TPSA) is 111 Å². The fourth-order valence-electron chi connectivity index (χ4n) is 2.79. The number of carbonyl (C=O) groups is 3. The minimum Gasteiger partial charge on any atom is -0.447 e. The molecule has 0 aromatic heterocycles. The molecule has 2 N–H and O–H groups in total. The molecule has 2 atom stereocenters. The number of ether oxygens (including phenoxy) is 3. The highest BCUT2D eigenvalue weighted by molar-refractivity contribution is 5.97. The van der Waals surface area contributed by atoms with E-state index in [-0.39, 0.29) is 19.3 Å². The fourth-order valence-corrected chi connectivity index (χ4v) is 2.79. The normalized spacial score (nSPS) is 23.6. The summed E-state index contributed by atoms with van der Waals surface area (Å²) in [5, 5.41) is 0. The van der Waals surface area contributed by atoms with Crippen molar-refractivity contribution in [3.05, 3.63) is 24.3 Å². The number of esters is 1. The number of nitrogens with zero attached hydrogens (tertiary/aromatic N) is 2. The van der Waals surface area contributed by atoms with Crippen molar-refractivity contribution in [2.24, 2.45) is 5.73 Å². The van der Waals surface area contributed by atoms with Gasteiger partial charge >= 0.3 is 12.1 Å². The zero-order valence-corrected chi connectivity index (χ0v) is 13.7. The Hall–Kier alpha value is -2.65. The molecular formula is C16H19N3O6. The second-order valence-corrected chi connectivity index (χ2v) is 5.65. The predicted molar refractivity (Wildman–Crippen MR) is 87.0 cm³/mol. The van der Waals surface area contributed by atoms with Crippen LogP contribution in [0.1, 0.15) is 6.92 Å². The van der Waals surface area contributed by atoms with Crippen molar-refractivity contribution in [3.8, 4) is 0 Å². The minimum absolute atomic E-state index is 0.211. The van der Waals surface area contributed by atoms with E-state index in [1.165, 1.54) is 16.7 Å². The molecule has 9 heteroatoms. The number of nitrogens with two attached hydrogens (primary N) is 1. The van der Waals surface area contributed by atoms with E-state index in [4.69, 9.17) is 19.9 Å². The number of anilines is 2. The summed E-state index contributed by atoms with van der Waals surface area (Å²) in [4.78, 5) is 38.2. The van der Waals surface area contributed by atoms with Crippen LogP contribution in [-0.4, -0.2) is 56.6 Å². The van der Waals surface area contributed by atoms with Crippen LogP contribution < -0.4 is 15.5 Å². The summed E-state index contributed by atoms with van der Waals surface area (Å²) in [7, 11) is 0. The van der Waals surface area contributed by atoms with E-state index < -0.39 is 24.3 Å². The predicted octanol–water partition coefficient (Wildman–Crippen LogP) is 0.223. The molecule has 2 aliphatic heterocycles. The fraction of sp³-hybridized carbons (Fsp3) is 0.438. The Morgan fingerprint density at radius 3 is 2.60 bits per heavy atom. The zero-order valence-electron chi connectivity index (χ0n) is 13.7. The van der Waals surface area contributed by atoms with Gasteiger partial charge in [-0.25, -0.2) is 4.79 Å². The Kier molecular flexibility index (Phi) is 4.86. The summed E-state index contributed by atoms with van der Waals surface area (Å²) in [5.41, 5.74) is 6.92. The van der Waals surface area contributed by atoms with Gasteiger partial charge in [-0.1, -0.05) is 0 Å². The standard InChI is InChI=1S/C16H19N3O6/c1-10(20)25-15-14(21)18(6-7-23-15)11-2-4-12(5-3-11)19-13(8-17)9-24-16(19)22/h2-5,13,15H,6-9,17H2,1H3/t13-,15?/m1/s1. The highest BCUT2D eigenvalue weighted by Gasteiger charge is 2.35. The van der Waals surface area contributed by atoms with Gasteiger partial charge in [0.15, 0.2) is 0 Å². The van der Waals surface area contributed by atoms with Crippen LogP contribution in [0, 0.1) is 0 Å². The van der Waals surface area contributed by atoms with Crippen LogP contribution in [0.2, 0.25) is 0 Å². The van der Waals surface area contributed by atoms with E-state index in [1.54, 1.807) is 24.3 Å². The summed E-state index contributed by atoms with van der Waals surface area (Å²) >= 11 is 0. The average molecular weight is 349 g/mol. The van der Waals surface area contributed by atoms with E-state index >= 15 is 0 Å². The first-order valence-electron chi connectivity index (χ1n) is 7.87. The average Bonchev–Trinajstić information content (AvgIpc) is 2.97. The number of carbonyl (C=O) groups excluding carboxylic acids is 3. The summed E-state index contributed by atoms with van der Waals surface area (Å²) in [6, 6.07) is 6.64. The molecule has 25 heavy (non-hydrogen) atoms. The highest BCUT2D eigenvalue weighted by atomic mass is 16.7.